The average Bonchev–Trinajstić information content (AvgIpc) is 3.60. The summed E-state index contributed by atoms with van der Waals surface area (Å²) in [6.07, 6.45) is 0. The lowest BCUT2D eigenvalue weighted by atomic mass is 9.94. The lowest BCUT2D eigenvalue weighted by Gasteiger charge is -2.12. The molecule has 0 saturated carbocycles. The molecule has 49 heavy (non-hydrogen) atoms. The van der Waals surface area contributed by atoms with Gasteiger partial charge in [-0.05, 0) is 40.8 Å². The molecule has 7 aromatic carbocycles. The van der Waals surface area contributed by atoms with Crippen molar-refractivity contribution in [2.24, 2.45) is 0 Å². The molecule has 4 heteroatoms. The molecule has 0 radical (unpaired) electrons. The van der Waals surface area contributed by atoms with Gasteiger partial charge in [0, 0.05) is 33.0 Å². The Bertz CT molecular complexity index is 2520. The van der Waals surface area contributed by atoms with Crippen LogP contribution in [0.15, 0.2) is 182 Å². The summed E-state index contributed by atoms with van der Waals surface area (Å²) < 4.78 is 2.11. The van der Waals surface area contributed by atoms with E-state index in [1.54, 1.807) is 0 Å². The second-order valence-electron chi connectivity index (χ2n) is 12.1. The molecule has 0 aliphatic heterocycles. The maximum atomic E-state index is 5.41. The highest BCUT2D eigenvalue weighted by Crippen LogP contribution is 2.42. The molecule has 4 nitrogen and oxygen atoms in total. The lowest BCUT2D eigenvalue weighted by Crippen LogP contribution is -2.00. The van der Waals surface area contributed by atoms with E-state index in [2.05, 4.69) is 144 Å². The highest BCUT2D eigenvalue weighted by Gasteiger charge is 2.21. The lowest BCUT2D eigenvalue weighted by molar-refractivity contribution is 0.917. The molecule has 0 aliphatic carbocycles. The number of aromatic nitrogens is 4. The Balaban J connectivity index is 1.30. The number of benzene rings is 7. The van der Waals surface area contributed by atoms with Crippen LogP contribution < -0.4 is 0 Å². The zero-order valence-electron chi connectivity index (χ0n) is 26.6. The fourth-order valence-electron chi connectivity index (χ4n) is 6.69. The molecular formula is C45H30N4. The summed E-state index contributed by atoms with van der Waals surface area (Å²) in [4.78, 5) is 10.2. The van der Waals surface area contributed by atoms with Crippen molar-refractivity contribution in [3.8, 4) is 62.0 Å². The van der Waals surface area contributed by atoms with Crippen molar-refractivity contribution in [1.82, 2.24) is 19.7 Å². The van der Waals surface area contributed by atoms with Crippen LogP contribution in [-0.4, -0.2) is 19.7 Å². The minimum absolute atomic E-state index is 0.664. The molecule has 9 rings (SSSR count). The monoisotopic (exact) mass is 626 g/mol. The van der Waals surface area contributed by atoms with Crippen LogP contribution in [0.3, 0.4) is 0 Å². The second kappa shape index (κ2) is 12.2. The molecule has 2 heterocycles. The molecule has 0 spiro atoms. The summed E-state index contributed by atoms with van der Waals surface area (Å²) in [5, 5.41) is 8.84. The summed E-state index contributed by atoms with van der Waals surface area (Å²) in [7, 11) is 0. The third kappa shape index (κ3) is 5.26. The van der Waals surface area contributed by atoms with E-state index in [1.807, 2.05) is 42.5 Å². The number of hydrogen-bond donors (Lipinski definition) is 0. The average molecular weight is 627 g/mol. The van der Waals surface area contributed by atoms with Crippen LogP contribution >= 0.6 is 0 Å². The largest absolute Gasteiger partial charge is 0.232 e. The maximum Gasteiger partial charge on any atom is 0.160 e. The van der Waals surface area contributed by atoms with Crippen molar-refractivity contribution in [3.05, 3.63) is 182 Å². The molecule has 0 aliphatic rings. The van der Waals surface area contributed by atoms with E-state index in [4.69, 9.17) is 15.1 Å². The van der Waals surface area contributed by atoms with Gasteiger partial charge < -0.3 is 0 Å². The standard InChI is InChI=1S/C45H30N4/c1-5-16-31(17-6-1)39-29-35-24-13-14-27-38(35)44-42(39)43(34-22-11-4-12-23-34)48-49(44)37-26-15-25-36(28-37)45-46-40(32-18-7-2-8-19-32)30-41(47-45)33-20-9-3-10-21-33/h1-30H. The topological polar surface area (TPSA) is 43.6 Å². The molecule has 0 atom stereocenters. The fourth-order valence-corrected chi connectivity index (χ4v) is 6.69. The van der Waals surface area contributed by atoms with E-state index in [0.717, 1.165) is 77.8 Å². The summed E-state index contributed by atoms with van der Waals surface area (Å²) in [5.74, 6) is 0.664. The minimum Gasteiger partial charge on any atom is -0.232 e. The molecule has 0 amide bonds. The Morgan fingerprint density at radius 1 is 0.408 bits per heavy atom. The van der Waals surface area contributed by atoms with Gasteiger partial charge in [0.1, 0.15) is 5.69 Å². The van der Waals surface area contributed by atoms with Crippen LogP contribution in [-0.2, 0) is 0 Å². The van der Waals surface area contributed by atoms with Gasteiger partial charge in [-0.25, -0.2) is 14.6 Å². The van der Waals surface area contributed by atoms with Gasteiger partial charge in [0.2, 0.25) is 0 Å². The first-order chi connectivity index (χ1) is 24.3. The van der Waals surface area contributed by atoms with Crippen molar-refractivity contribution in [3.63, 3.8) is 0 Å². The minimum atomic E-state index is 0.664. The van der Waals surface area contributed by atoms with Crippen molar-refractivity contribution >= 4 is 21.7 Å². The normalized spacial score (nSPS) is 11.3. The van der Waals surface area contributed by atoms with E-state index in [1.165, 1.54) is 0 Å². The van der Waals surface area contributed by atoms with E-state index in [-0.39, 0.29) is 0 Å². The van der Waals surface area contributed by atoms with Gasteiger partial charge in [0.25, 0.3) is 0 Å². The molecule has 0 fully saturated rings. The molecule has 9 aromatic rings. The summed E-state index contributed by atoms with van der Waals surface area (Å²) >= 11 is 0. The number of fused-ring (bicyclic) bond motifs is 3. The SMILES string of the molecule is c1ccc(-c2cc(-c3ccccc3)nc(-c3cccc(-n4nc(-c5ccccc5)c5c(-c6ccccc6)cc6ccccc6c54)c3)n2)cc1. The quantitative estimate of drug-likeness (QED) is 0.184. The van der Waals surface area contributed by atoms with Gasteiger partial charge in [-0.2, -0.15) is 5.10 Å². The first-order valence-electron chi connectivity index (χ1n) is 16.5. The first kappa shape index (κ1) is 28.6. The fraction of sp³-hybridized carbons (Fsp3) is 0. The Morgan fingerprint density at radius 2 is 0.939 bits per heavy atom. The van der Waals surface area contributed by atoms with Crippen LogP contribution in [0.25, 0.3) is 83.6 Å². The Labute approximate surface area is 284 Å². The summed E-state index contributed by atoms with van der Waals surface area (Å²) in [5.41, 5.74) is 11.1. The smallest absolute Gasteiger partial charge is 0.160 e. The molecular weight excluding hydrogens is 597 g/mol. The van der Waals surface area contributed by atoms with Gasteiger partial charge in [-0.3, -0.25) is 0 Å². The highest BCUT2D eigenvalue weighted by molar-refractivity contribution is 6.17. The Morgan fingerprint density at radius 3 is 1.57 bits per heavy atom. The predicted octanol–water partition coefficient (Wildman–Crippen LogP) is 11.3. The van der Waals surface area contributed by atoms with Gasteiger partial charge in [-0.1, -0.05) is 158 Å². The van der Waals surface area contributed by atoms with Gasteiger partial charge in [0.05, 0.1) is 22.6 Å². The number of rotatable bonds is 6. The predicted molar refractivity (Wildman–Crippen MR) is 201 cm³/mol. The van der Waals surface area contributed by atoms with Crippen LogP contribution in [0, 0.1) is 0 Å². The zero-order chi connectivity index (χ0) is 32.6. The molecule has 2 aromatic heterocycles. The maximum absolute atomic E-state index is 5.41. The van der Waals surface area contributed by atoms with Crippen molar-refractivity contribution in [1.29, 1.82) is 0 Å². The van der Waals surface area contributed by atoms with Crippen molar-refractivity contribution < 1.29 is 0 Å². The van der Waals surface area contributed by atoms with Crippen LogP contribution in [0.4, 0.5) is 0 Å². The highest BCUT2D eigenvalue weighted by atomic mass is 15.3. The van der Waals surface area contributed by atoms with Gasteiger partial charge in [-0.15, -0.1) is 0 Å². The van der Waals surface area contributed by atoms with Crippen LogP contribution in [0.2, 0.25) is 0 Å². The summed E-state index contributed by atoms with van der Waals surface area (Å²) in [6, 6.07) is 63.1. The number of nitrogens with zero attached hydrogens (tertiary/aromatic N) is 4. The molecule has 0 saturated heterocycles. The molecule has 0 unspecified atom stereocenters. The molecule has 0 N–H and O–H groups in total. The zero-order valence-corrected chi connectivity index (χ0v) is 26.6. The third-order valence-corrected chi connectivity index (χ3v) is 9.02. The van der Waals surface area contributed by atoms with Gasteiger partial charge >= 0.3 is 0 Å². The Kier molecular flexibility index (Phi) is 7.10. The summed E-state index contributed by atoms with van der Waals surface area (Å²) in [6.45, 7) is 0. The van der Waals surface area contributed by atoms with Crippen molar-refractivity contribution in [2.75, 3.05) is 0 Å². The van der Waals surface area contributed by atoms with Crippen LogP contribution in [0.1, 0.15) is 0 Å². The van der Waals surface area contributed by atoms with E-state index >= 15 is 0 Å². The van der Waals surface area contributed by atoms with E-state index < -0.39 is 0 Å². The molecule has 230 valence electrons. The first-order valence-corrected chi connectivity index (χ1v) is 16.5. The van der Waals surface area contributed by atoms with E-state index in [9.17, 15) is 0 Å². The van der Waals surface area contributed by atoms with E-state index in [0.29, 0.717) is 5.82 Å². The third-order valence-electron chi connectivity index (χ3n) is 9.02. The van der Waals surface area contributed by atoms with Gasteiger partial charge in [0.15, 0.2) is 5.82 Å². The van der Waals surface area contributed by atoms with Crippen LogP contribution in [0.5, 0.6) is 0 Å². The Hall–Kier alpha value is -6.65. The number of hydrogen-bond acceptors (Lipinski definition) is 3. The molecule has 0 bridgehead atoms. The van der Waals surface area contributed by atoms with Crippen molar-refractivity contribution in [2.45, 2.75) is 0 Å². The second-order valence-corrected chi connectivity index (χ2v) is 12.1.